The number of amides is 1. The van der Waals surface area contributed by atoms with Gasteiger partial charge in [-0.1, -0.05) is 6.07 Å². The fourth-order valence-corrected chi connectivity index (χ4v) is 2.95. The van der Waals surface area contributed by atoms with Gasteiger partial charge in [-0.05, 0) is 48.5 Å². The van der Waals surface area contributed by atoms with Gasteiger partial charge in [-0.2, -0.15) is 8.78 Å². The summed E-state index contributed by atoms with van der Waals surface area (Å²) in [5.41, 5.74) is 0.655. The summed E-state index contributed by atoms with van der Waals surface area (Å²) in [5.74, 6) is -2.94. The number of esters is 1. The highest BCUT2D eigenvalue weighted by Gasteiger charge is 2.23. The normalized spacial score (nSPS) is 13.3. The quantitative estimate of drug-likeness (QED) is 0.555. The van der Waals surface area contributed by atoms with Crippen molar-refractivity contribution in [2.75, 3.05) is 6.79 Å². The molecule has 0 bridgehead atoms. The van der Waals surface area contributed by atoms with Crippen LogP contribution >= 0.6 is 11.8 Å². The maximum Gasteiger partial charge on any atom is 0.341 e. The van der Waals surface area contributed by atoms with Crippen molar-refractivity contribution in [3.63, 3.8) is 0 Å². The predicted octanol–water partition coefficient (Wildman–Crippen LogP) is 2.99. The Labute approximate surface area is 163 Å². The fourth-order valence-electron chi connectivity index (χ4n) is 2.39. The first kappa shape index (κ1) is 19.9. The molecular weight excluding hydrogens is 394 g/mol. The van der Waals surface area contributed by atoms with Crippen LogP contribution < -0.4 is 14.8 Å². The molecule has 10 heteroatoms. The summed E-state index contributed by atoms with van der Waals surface area (Å²) in [6.45, 7) is 1.73. The number of halogens is 2. The first-order valence-electron chi connectivity index (χ1n) is 8.21. The lowest BCUT2D eigenvalue weighted by atomic mass is 10.2. The molecule has 2 heterocycles. The fraction of sp³-hybridized carbons (Fsp3) is 0.278. The van der Waals surface area contributed by atoms with Crippen molar-refractivity contribution in [2.24, 2.45) is 0 Å². The van der Waals surface area contributed by atoms with Crippen molar-refractivity contribution in [2.45, 2.75) is 30.4 Å². The number of ether oxygens (including phenoxy) is 3. The molecule has 28 heavy (non-hydrogen) atoms. The maximum absolute atomic E-state index is 12.6. The molecule has 3 rings (SSSR count). The molecule has 0 fully saturated rings. The van der Waals surface area contributed by atoms with Crippen LogP contribution in [0.3, 0.4) is 0 Å². The molecule has 0 saturated heterocycles. The molecule has 0 spiro atoms. The molecule has 0 radical (unpaired) electrons. The minimum absolute atomic E-state index is 0.122. The zero-order valence-corrected chi connectivity index (χ0v) is 15.5. The SMILES string of the molecule is CC(OC(=O)c1cccnc1SC(F)F)C(=O)NCc1ccc2c(c1)OCO2. The summed E-state index contributed by atoms with van der Waals surface area (Å²) in [5, 5.41) is 2.48. The lowest BCUT2D eigenvalue weighted by Gasteiger charge is -2.14. The van der Waals surface area contributed by atoms with Crippen molar-refractivity contribution >= 4 is 23.6 Å². The largest absolute Gasteiger partial charge is 0.454 e. The van der Waals surface area contributed by atoms with Crippen molar-refractivity contribution in [3.8, 4) is 11.5 Å². The number of thioether (sulfide) groups is 1. The minimum atomic E-state index is -2.73. The lowest BCUT2D eigenvalue weighted by molar-refractivity contribution is -0.129. The van der Waals surface area contributed by atoms with Gasteiger partial charge in [0.05, 0.1) is 5.56 Å². The summed E-state index contributed by atoms with van der Waals surface area (Å²) >= 11 is 0.138. The van der Waals surface area contributed by atoms with Gasteiger partial charge in [0, 0.05) is 12.7 Å². The molecule has 7 nitrogen and oxygen atoms in total. The number of carbonyl (C=O) groups is 2. The van der Waals surface area contributed by atoms with Crippen molar-refractivity contribution < 1.29 is 32.6 Å². The van der Waals surface area contributed by atoms with Crippen LogP contribution in [0, 0.1) is 0 Å². The molecule has 1 aromatic heterocycles. The third-order valence-corrected chi connectivity index (χ3v) is 4.48. The summed E-state index contributed by atoms with van der Waals surface area (Å²) < 4.78 is 40.8. The Morgan fingerprint density at radius 1 is 1.29 bits per heavy atom. The Bertz CT molecular complexity index is 881. The molecule has 1 N–H and O–H groups in total. The number of carbonyl (C=O) groups excluding carboxylic acids is 2. The smallest absolute Gasteiger partial charge is 0.341 e. The average molecular weight is 410 g/mol. The number of pyridine rings is 1. The van der Waals surface area contributed by atoms with E-state index >= 15 is 0 Å². The van der Waals surface area contributed by atoms with Crippen LogP contribution in [-0.2, 0) is 16.1 Å². The number of alkyl halides is 2. The second-order valence-electron chi connectivity index (χ2n) is 5.69. The number of nitrogens with one attached hydrogen (secondary N) is 1. The predicted molar refractivity (Wildman–Crippen MR) is 95.4 cm³/mol. The monoisotopic (exact) mass is 410 g/mol. The van der Waals surface area contributed by atoms with Crippen LogP contribution in [0.4, 0.5) is 8.78 Å². The maximum atomic E-state index is 12.6. The zero-order chi connectivity index (χ0) is 20.1. The Balaban J connectivity index is 1.56. The van der Waals surface area contributed by atoms with E-state index in [0.29, 0.717) is 11.5 Å². The Morgan fingerprint density at radius 3 is 2.86 bits per heavy atom. The first-order chi connectivity index (χ1) is 13.4. The highest BCUT2D eigenvalue weighted by Crippen LogP contribution is 2.32. The van der Waals surface area contributed by atoms with Gasteiger partial charge >= 0.3 is 5.97 Å². The molecule has 1 unspecified atom stereocenters. The molecule has 148 valence electrons. The summed E-state index contributed by atoms with van der Waals surface area (Å²) in [6.07, 6.45) is 0.175. The van der Waals surface area contributed by atoms with Crippen LogP contribution in [0.15, 0.2) is 41.6 Å². The van der Waals surface area contributed by atoms with Gasteiger partial charge in [-0.3, -0.25) is 4.79 Å². The highest BCUT2D eigenvalue weighted by atomic mass is 32.2. The Morgan fingerprint density at radius 2 is 2.07 bits per heavy atom. The lowest BCUT2D eigenvalue weighted by Crippen LogP contribution is -2.35. The second-order valence-corrected chi connectivity index (χ2v) is 6.67. The van der Waals surface area contributed by atoms with Crippen LogP contribution in [0.25, 0.3) is 0 Å². The Hall–Kier alpha value is -2.88. The molecule has 1 aliphatic rings. The zero-order valence-electron chi connectivity index (χ0n) is 14.7. The molecule has 1 amide bonds. The number of nitrogens with zero attached hydrogens (tertiary/aromatic N) is 1. The molecule has 2 aromatic rings. The number of aromatic nitrogens is 1. The van der Waals surface area contributed by atoms with E-state index in [2.05, 4.69) is 10.3 Å². The average Bonchev–Trinajstić information content (AvgIpc) is 3.13. The van der Waals surface area contributed by atoms with Gasteiger partial charge < -0.3 is 19.5 Å². The van der Waals surface area contributed by atoms with Gasteiger partial charge in [0.15, 0.2) is 17.6 Å². The van der Waals surface area contributed by atoms with Gasteiger partial charge in [-0.15, -0.1) is 0 Å². The van der Waals surface area contributed by atoms with Crippen LogP contribution in [0.2, 0.25) is 0 Å². The van der Waals surface area contributed by atoms with E-state index in [0.717, 1.165) is 5.56 Å². The number of hydrogen-bond acceptors (Lipinski definition) is 7. The van der Waals surface area contributed by atoms with Crippen LogP contribution in [0.1, 0.15) is 22.8 Å². The van der Waals surface area contributed by atoms with E-state index in [1.54, 1.807) is 18.2 Å². The first-order valence-corrected chi connectivity index (χ1v) is 9.09. The number of hydrogen-bond donors (Lipinski definition) is 1. The van der Waals surface area contributed by atoms with E-state index in [-0.39, 0.29) is 35.7 Å². The highest BCUT2D eigenvalue weighted by molar-refractivity contribution is 7.99. The van der Waals surface area contributed by atoms with Crippen molar-refractivity contribution in [3.05, 3.63) is 47.7 Å². The van der Waals surface area contributed by atoms with Gasteiger partial charge in [0.1, 0.15) is 5.03 Å². The Kier molecular flexibility index (Phi) is 6.30. The van der Waals surface area contributed by atoms with Gasteiger partial charge in [0.25, 0.3) is 11.7 Å². The van der Waals surface area contributed by atoms with Crippen molar-refractivity contribution in [1.29, 1.82) is 0 Å². The second kappa shape index (κ2) is 8.87. The van der Waals surface area contributed by atoms with Crippen LogP contribution in [-0.4, -0.2) is 35.5 Å². The molecular formula is C18H16F2N2O5S. The van der Waals surface area contributed by atoms with E-state index in [4.69, 9.17) is 14.2 Å². The molecule has 1 atom stereocenters. The molecule has 1 aromatic carbocycles. The van der Waals surface area contributed by atoms with E-state index in [9.17, 15) is 18.4 Å². The van der Waals surface area contributed by atoms with E-state index in [1.165, 1.54) is 25.3 Å². The van der Waals surface area contributed by atoms with Gasteiger partial charge in [0.2, 0.25) is 6.79 Å². The summed E-state index contributed by atoms with van der Waals surface area (Å²) in [4.78, 5) is 28.2. The third-order valence-electron chi connectivity index (χ3n) is 3.75. The minimum Gasteiger partial charge on any atom is -0.454 e. The van der Waals surface area contributed by atoms with Crippen molar-refractivity contribution in [1.82, 2.24) is 10.3 Å². The third kappa shape index (κ3) is 4.89. The van der Waals surface area contributed by atoms with Gasteiger partial charge in [-0.25, -0.2) is 9.78 Å². The molecule has 0 aliphatic carbocycles. The number of fused-ring (bicyclic) bond motifs is 1. The number of rotatable bonds is 7. The molecule has 1 aliphatic heterocycles. The topological polar surface area (TPSA) is 86.8 Å². The molecule has 0 saturated carbocycles. The number of benzene rings is 1. The van der Waals surface area contributed by atoms with E-state index < -0.39 is 23.7 Å². The summed E-state index contributed by atoms with van der Waals surface area (Å²) in [7, 11) is 0. The standard InChI is InChI=1S/C18H16F2N2O5S/c1-10(27-17(24)12-3-2-6-21-16(12)28-18(19)20)15(23)22-8-11-4-5-13-14(7-11)26-9-25-13/h2-7,10,18H,8-9H2,1H3,(H,22,23). The van der Waals surface area contributed by atoms with Crippen LogP contribution in [0.5, 0.6) is 11.5 Å². The van der Waals surface area contributed by atoms with E-state index in [1.807, 2.05) is 0 Å². The summed E-state index contributed by atoms with van der Waals surface area (Å²) in [6, 6.07) is 7.99.